The summed E-state index contributed by atoms with van der Waals surface area (Å²) in [5, 5.41) is 21.8. The van der Waals surface area contributed by atoms with Crippen molar-refractivity contribution in [1.29, 1.82) is 5.26 Å². The van der Waals surface area contributed by atoms with Gasteiger partial charge in [0.25, 0.3) is 5.69 Å². The Morgan fingerprint density at radius 1 is 1.32 bits per heavy atom. The van der Waals surface area contributed by atoms with E-state index in [0.29, 0.717) is 35.3 Å². The third-order valence-corrected chi connectivity index (χ3v) is 6.03. The van der Waals surface area contributed by atoms with E-state index in [4.69, 9.17) is 4.42 Å². The summed E-state index contributed by atoms with van der Waals surface area (Å²) in [5.74, 6) is 0.647. The lowest BCUT2D eigenvalue weighted by Gasteiger charge is -2.40. The van der Waals surface area contributed by atoms with Crippen LogP contribution >= 0.6 is 11.8 Å². The van der Waals surface area contributed by atoms with Crippen molar-refractivity contribution in [2.75, 3.05) is 12.5 Å². The standard InChI is InChI=1S/C19H16N4O4S/c20-9-16-15(14-5-1-2-6-17(14)23(25)26)8-18(24)22-11-21(12-28-19(16)22)10-13-4-3-7-27-13/h1-7,15H,8,10-12H2/t15-/m1/s1. The van der Waals surface area contributed by atoms with Crippen LogP contribution < -0.4 is 0 Å². The molecular formula is C19H16N4O4S. The second-order valence-corrected chi connectivity index (χ2v) is 7.48. The number of furan rings is 1. The maximum atomic E-state index is 12.9. The SMILES string of the molecule is N#CC1=C2SCN(Cc3ccco3)CN2C(=O)C[C@@H]1c1ccccc1[N+](=O)[O-]. The third-order valence-electron chi connectivity index (χ3n) is 4.82. The largest absolute Gasteiger partial charge is 0.468 e. The molecule has 9 heteroatoms. The zero-order chi connectivity index (χ0) is 19.7. The summed E-state index contributed by atoms with van der Waals surface area (Å²) in [6, 6.07) is 12.2. The summed E-state index contributed by atoms with van der Waals surface area (Å²) < 4.78 is 5.37. The van der Waals surface area contributed by atoms with Gasteiger partial charge in [0.05, 0.1) is 46.9 Å². The number of carbonyl (C=O) groups excluding carboxylic acids is 1. The number of carbonyl (C=O) groups is 1. The first-order chi connectivity index (χ1) is 13.6. The van der Waals surface area contributed by atoms with E-state index < -0.39 is 10.8 Å². The predicted molar refractivity (Wildman–Crippen MR) is 102 cm³/mol. The van der Waals surface area contributed by atoms with Crippen LogP contribution in [0.15, 0.2) is 57.7 Å². The van der Waals surface area contributed by atoms with Crippen LogP contribution in [0.25, 0.3) is 0 Å². The fourth-order valence-corrected chi connectivity index (χ4v) is 4.68. The van der Waals surface area contributed by atoms with Crippen molar-refractivity contribution >= 4 is 23.4 Å². The summed E-state index contributed by atoms with van der Waals surface area (Å²) in [5.41, 5.74) is 0.752. The lowest BCUT2D eigenvalue weighted by molar-refractivity contribution is -0.385. The first-order valence-corrected chi connectivity index (χ1v) is 9.62. The van der Waals surface area contributed by atoms with Gasteiger partial charge in [-0.3, -0.25) is 24.7 Å². The van der Waals surface area contributed by atoms with Gasteiger partial charge in [-0.25, -0.2) is 0 Å². The first-order valence-electron chi connectivity index (χ1n) is 8.64. The molecule has 3 heterocycles. The molecule has 0 N–H and O–H groups in total. The van der Waals surface area contributed by atoms with Crippen molar-refractivity contribution in [3.63, 3.8) is 0 Å². The number of rotatable bonds is 4. The molecular weight excluding hydrogens is 380 g/mol. The number of nitro benzene ring substituents is 1. The smallest absolute Gasteiger partial charge is 0.273 e. The van der Waals surface area contributed by atoms with Gasteiger partial charge < -0.3 is 4.42 Å². The van der Waals surface area contributed by atoms with Crippen molar-refractivity contribution in [3.8, 4) is 6.07 Å². The molecule has 28 heavy (non-hydrogen) atoms. The highest BCUT2D eigenvalue weighted by Gasteiger charge is 2.40. The van der Waals surface area contributed by atoms with Crippen LogP contribution in [0.1, 0.15) is 23.7 Å². The average Bonchev–Trinajstić information content (AvgIpc) is 3.21. The highest BCUT2D eigenvalue weighted by molar-refractivity contribution is 8.03. The lowest BCUT2D eigenvalue weighted by Crippen LogP contribution is -2.46. The Labute approximate surface area is 165 Å². The van der Waals surface area contributed by atoms with E-state index >= 15 is 0 Å². The van der Waals surface area contributed by atoms with Crippen LogP contribution in [0, 0.1) is 21.4 Å². The minimum absolute atomic E-state index is 0.0341. The number of nitrogens with zero attached hydrogens (tertiary/aromatic N) is 4. The van der Waals surface area contributed by atoms with E-state index in [-0.39, 0.29) is 18.0 Å². The molecule has 8 nitrogen and oxygen atoms in total. The van der Waals surface area contributed by atoms with Crippen molar-refractivity contribution in [3.05, 3.63) is 74.7 Å². The Morgan fingerprint density at radius 3 is 2.86 bits per heavy atom. The molecule has 1 saturated heterocycles. The van der Waals surface area contributed by atoms with Gasteiger partial charge in [-0.1, -0.05) is 30.0 Å². The van der Waals surface area contributed by atoms with Crippen LogP contribution in [0.4, 0.5) is 5.69 Å². The van der Waals surface area contributed by atoms with Gasteiger partial charge in [0.2, 0.25) is 5.91 Å². The zero-order valence-electron chi connectivity index (χ0n) is 14.8. The number of para-hydroxylation sites is 1. The number of thioether (sulfide) groups is 1. The summed E-state index contributed by atoms with van der Waals surface area (Å²) in [6.07, 6.45) is 1.64. The minimum Gasteiger partial charge on any atom is -0.468 e. The number of benzene rings is 1. The number of fused-ring (bicyclic) bond motifs is 1. The first kappa shape index (κ1) is 18.3. The Kier molecular flexibility index (Phi) is 4.90. The van der Waals surface area contributed by atoms with Gasteiger partial charge >= 0.3 is 0 Å². The molecule has 1 atom stereocenters. The Morgan fingerprint density at radius 2 is 2.14 bits per heavy atom. The van der Waals surface area contributed by atoms with Crippen molar-refractivity contribution < 1.29 is 14.1 Å². The van der Waals surface area contributed by atoms with Gasteiger partial charge in [-0.05, 0) is 12.1 Å². The topological polar surface area (TPSA) is 104 Å². The van der Waals surface area contributed by atoms with E-state index in [1.165, 1.54) is 17.8 Å². The number of allylic oxidation sites excluding steroid dienone is 1. The van der Waals surface area contributed by atoms with E-state index in [1.807, 2.05) is 17.0 Å². The number of hydrogen-bond acceptors (Lipinski definition) is 7. The molecule has 1 aromatic heterocycles. The molecule has 0 unspecified atom stereocenters. The number of nitro groups is 1. The molecule has 2 aromatic rings. The van der Waals surface area contributed by atoms with E-state index in [0.717, 1.165) is 5.76 Å². The Balaban J connectivity index is 1.66. The van der Waals surface area contributed by atoms with Gasteiger partial charge in [-0.15, -0.1) is 0 Å². The fraction of sp³-hybridized carbons (Fsp3) is 0.263. The molecule has 2 aliphatic rings. The molecule has 2 aliphatic heterocycles. The van der Waals surface area contributed by atoms with Gasteiger partial charge in [0, 0.05) is 24.0 Å². The highest BCUT2D eigenvalue weighted by Crippen LogP contribution is 2.44. The van der Waals surface area contributed by atoms with Gasteiger partial charge in [-0.2, -0.15) is 5.26 Å². The van der Waals surface area contributed by atoms with E-state index in [1.54, 1.807) is 29.4 Å². The van der Waals surface area contributed by atoms with Gasteiger partial charge in [0.1, 0.15) is 5.76 Å². The predicted octanol–water partition coefficient (Wildman–Crippen LogP) is 3.40. The normalized spacial score (nSPS) is 20.0. The minimum atomic E-state index is -0.602. The second-order valence-electron chi connectivity index (χ2n) is 6.55. The summed E-state index contributed by atoms with van der Waals surface area (Å²) in [7, 11) is 0. The van der Waals surface area contributed by atoms with Crippen molar-refractivity contribution in [2.24, 2.45) is 0 Å². The number of amides is 1. The van der Waals surface area contributed by atoms with Crippen LogP contribution in [0.2, 0.25) is 0 Å². The third kappa shape index (κ3) is 3.28. The van der Waals surface area contributed by atoms with Crippen LogP contribution in [0.3, 0.4) is 0 Å². The quantitative estimate of drug-likeness (QED) is 0.576. The summed E-state index contributed by atoms with van der Waals surface area (Å²) >= 11 is 1.40. The van der Waals surface area contributed by atoms with Crippen LogP contribution in [-0.2, 0) is 11.3 Å². The van der Waals surface area contributed by atoms with Crippen LogP contribution in [0.5, 0.6) is 0 Å². The van der Waals surface area contributed by atoms with Crippen molar-refractivity contribution in [2.45, 2.75) is 18.9 Å². The second kappa shape index (κ2) is 7.50. The van der Waals surface area contributed by atoms with E-state index in [9.17, 15) is 20.2 Å². The molecule has 1 fully saturated rings. The molecule has 142 valence electrons. The number of hydrogen-bond donors (Lipinski definition) is 0. The van der Waals surface area contributed by atoms with Gasteiger partial charge in [0.15, 0.2) is 0 Å². The van der Waals surface area contributed by atoms with Crippen molar-refractivity contribution in [1.82, 2.24) is 9.80 Å². The fourth-order valence-electron chi connectivity index (χ4n) is 3.54. The zero-order valence-corrected chi connectivity index (χ0v) is 15.6. The molecule has 0 spiro atoms. The molecule has 1 amide bonds. The molecule has 1 aromatic carbocycles. The molecule has 0 aliphatic carbocycles. The maximum Gasteiger partial charge on any atom is 0.273 e. The molecule has 0 bridgehead atoms. The lowest BCUT2D eigenvalue weighted by atomic mass is 9.85. The Hall–Kier alpha value is -3.09. The Bertz CT molecular complexity index is 996. The maximum absolute atomic E-state index is 12.9. The van der Waals surface area contributed by atoms with E-state index in [2.05, 4.69) is 6.07 Å². The van der Waals surface area contributed by atoms with Crippen LogP contribution in [-0.4, -0.2) is 33.2 Å². The average molecular weight is 396 g/mol. The highest BCUT2D eigenvalue weighted by atomic mass is 32.2. The molecule has 4 rings (SSSR count). The number of nitriles is 1. The molecule has 0 radical (unpaired) electrons. The summed E-state index contributed by atoms with van der Waals surface area (Å²) in [6.45, 7) is 0.920. The summed E-state index contributed by atoms with van der Waals surface area (Å²) in [4.78, 5) is 27.4. The monoisotopic (exact) mass is 396 g/mol. The molecule has 0 saturated carbocycles.